The van der Waals surface area contributed by atoms with E-state index in [1.807, 2.05) is 29.8 Å². The van der Waals surface area contributed by atoms with Crippen molar-refractivity contribution in [1.82, 2.24) is 43.7 Å². The van der Waals surface area contributed by atoms with Gasteiger partial charge >= 0.3 is 5.69 Å². The molecule has 0 saturated carbocycles. The van der Waals surface area contributed by atoms with Crippen LogP contribution in [0.4, 0.5) is 23.0 Å². The minimum absolute atomic E-state index is 0.0280. The van der Waals surface area contributed by atoms with Crippen LogP contribution < -0.4 is 31.7 Å². The number of nitrogens with zero attached hydrogens (tertiary/aromatic N) is 10. The van der Waals surface area contributed by atoms with E-state index >= 15 is 0 Å². The molecule has 2 aromatic carbocycles. The van der Waals surface area contributed by atoms with Crippen LogP contribution >= 0.6 is 0 Å². The van der Waals surface area contributed by atoms with E-state index in [1.165, 1.54) is 16.6 Å². The molecule has 16 nitrogen and oxygen atoms in total. The zero-order chi connectivity index (χ0) is 42.4. The minimum atomic E-state index is -1.17. The van der Waals surface area contributed by atoms with Crippen molar-refractivity contribution in [2.24, 2.45) is 13.0 Å². The number of hydrogen-bond donors (Lipinski definition) is 3. The highest BCUT2D eigenvalue weighted by Crippen LogP contribution is 2.31. The van der Waals surface area contributed by atoms with E-state index in [0.717, 1.165) is 81.1 Å². The Bertz CT molecular complexity index is 2700. The van der Waals surface area contributed by atoms with Crippen molar-refractivity contribution in [3.63, 3.8) is 0 Å². The first-order valence-electron chi connectivity index (χ1n) is 21.3. The van der Waals surface area contributed by atoms with Gasteiger partial charge in [0.25, 0.3) is 5.56 Å². The van der Waals surface area contributed by atoms with Crippen molar-refractivity contribution in [2.45, 2.75) is 57.7 Å². The Balaban J connectivity index is 0.807. The van der Waals surface area contributed by atoms with Crippen LogP contribution in [-0.2, 0) is 24.0 Å². The predicted octanol–water partition coefficient (Wildman–Crippen LogP) is 4.28. The third kappa shape index (κ3) is 7.81. The molecule has 16 heteroatoms. The Labute approximate surface area is 353 Å². The van der Waals surface area contributed by atoms with Crippen molar-refractivity contribution < 1.29 is 9.90 Å². The molecule has 1 atom stereocenters. The first-order valence-corrected chi connectivity index (χ1v) is 21.3. The lowest BCUT2D eigenvalue weighted by atomic mass is 9.95. The van der Waals surface area contributed by atoms with Crippen LogP contribution in [0.2, 0.25) is 0 Å². The number of rotatable bonds is 11. The predicted molar refractivity (Wildman–Crippen MR) is 238 cm³/mol. The second-order valence-corrected chi connectivity index (χ2v) is 17.1. The molecule has 4 aromatic heterocycles. The summed E-state index contributed by atoms with van der Waals surface area (Å²) in [6.45, 7) is 14.8. The molecule has 3 aliphatic rings. The maximum atomic E-state index is 13.5. The zero-order valence-electron chi connectivity index (χ0n) is 35.1. The number of carbonyl (C=O) groups excluding carboxylic acids is 1. The van der Waals surface area contributed by atoms with Gasteiger partial charge in [-0.25, -0.2) is 24.1 Å². The van der Waals surface area contributed by atoms with Gasteiger partial charge < -0.3 is 25.5 Å². The summed E-state index contributed by atoms with van der Waals surface area (Å²) in [4.78, 5) is 60.1. The molecular weight excluding hydrogens is 773 g/mol. The number of allylic oxidation sites excluding steroid dienone is 1. The van der Waals surface area contributed by atoms with Crippen molar-refractivity contribution in [1.29, 1.82) is 0 Å². The maximum Gasteiger partial charge on any atom is 0.329 e. The Morgan fingerprint density at radius 3 is 2.38 bits per heavy atom. The number of aryl methyl sites for hydroxylation is 1. The number of amides is 1. The lowest BCUT2D eigenvalue weighted by molar-refractivity contribution is -0.122. The fourth-order valence-electron chi connectivity index (χ4n) is 9.25. The number of para-hydroxylation sites is 1. The van der Waals surface area contributed by atoms with Gasteiger partial charge in [0.1, 0.15) is 11.0 Å². The highest BCUT2D eigenvalue weighted by molar-refractivity contribution is 5.90. The quantitative estimate of drug-likeness (QED) is 0.160. The first kappa shape index (κ1) is 40.2. The molecule has 6 aromatic rings. The van der Waals surface area contributed by atoms with E-state index in [2.05, 4.69) is 66.1 Å². The average Bonchev–Trinajstić information content (AvgIpc) is 3.69. The molecule has 0 bridgehead atoms. The second-order valence-electron chi connectivity index (χ2n) is 17.1. The van der Waals surface area contributed by atoms with Crippen LogP contribution in [0, 0.1) is 5.92 Å². The summed E-state index contributed by atoms with van der Waals surface area (Å²) in [7, 11) is 1.86. The number of aliphatic hydroxyl groups is 1. The highest BCUT2D eigenvalue weighted by Gasteiger charge is 2.29. The van der Waals surface area contributed by atoms with Gasteiger partial charge in [0.15, 0.2) is 11.5 Å². The number of piperazine rings is 1. The molecule has 3 saturated heterocycles. The van der Waals surface area contributed by atoms with Crippen molar-refractivity contribution in [3.8, 4) is 5.82 Å². The van der Waals surface area contributed by atoms with E-state index < -0.39 is 5.60 Å². The van der Waals surface area contributed by atoms with Gasteiger partial charge in [-0.05, 0) is 87.6 Å². The van der Waals surface area contributed by atoms with E-state index in [4.69, 9.17) is 4.98 Å². The lowest BCUT2D eigenvalue weighted by Crippen LogP contribution is -2.49. The zero-order valence-corrected chi connectivity index (χ0v) is 35.1. The third-order valence-electron chi connectivity index (χ3n) is 12.6. The maximum absolute atomic E-state index is 13.5. The number of fused-ring (bicyclic) bond motifs is 2. The Morgan fingerprint density at radius 2 is 1.67 bits per heavy atom. The second kappa shape index (κ2) is 16.3. The van der Waals surface area contributed by atoms with Gasteiger partial charge in [0.2, 0.25) is 11.9 Å². The molecule has 1 unspecified atom stereocenters. The minimum Gasteiger partial charge on any atom is -0.384 e. The molecule has 0 spiro atoms. The summed E-state index contributed by atoms with van der Waals surface area (Å²) in [5.41, 5.74) is 4.43. The molecule has 7 heterocycles. The Kier molecular flexibility index (Phi) is 10.7. The topological polar surface area (TPSA) is 164 Å². The molecular formula is C45H54N12O4. The van der Waals surface area contributed by atoms with Gasteiger partial charge in [-0.3, -0.25) is 23.6 Å². The van der Waals surface area contributed by atoms with Gasteiger partial charge in [-0.1, -0.05) is 18.2 Å². The Morgan fingerprint density at radius 1 is 0.918 bits per heavy atom. The van der Waals surface area contributed by atoms with Crippen LogP contribution in [0.3, 0.4) is 0 Å². The number of anilines is 4. The van der Waals surface area contributed by atoms with E-state index in [9.17, 15) is 19.5 Å². The van der Waals surface area contributed by atoms with Crippen LogP contribution in [0.5, 0.6) is 0 Å². The molecule has 3 aliphatic heterocycles. The number of pyridine rings is 1. The van der Waals surface area contributed by atoms with E-state index in [0.29, 0.717) is 53.8 Å². The normalized spacial score (nSPS) is 18.2. The molecule has 61 heavy (non-hydrogen) atoms. The summed E-state index contributed by atoms with van der Waals surface area (Å²) >= 11 is 0. The number of hydrogen-bond acceptors (Lipinski definition) is 11. The molecule has 9 rings (SSSR count). The molecule has 3 N–H and O–H groups in total. The fraction of sp³-hybridized carbons (Fsp3) is 0.422. The first-order chi connectivity index (χ1) is 29.5. The summed E-state index contributed by atoms with van der Waals surface area (Å²) in [6.07, 6.45) is 6.56. The Hall–Kier alpha value is -6.26. The number of carbonyl (C=O) groups is 1. The summed E-state index contributed by atoms with van der Waals surface area (Å²) in [6, 6.07) is 19.8. The monoisotopic (exact) mass is 826 g/mol. The van der Waals surface area contributed by atoms with Crippen molar-refractivity contribution in [2.75, 3.05) is 67.5 Å². The highest BCUT2D eigenvalue weighted by atomic mass is 16.3. The number of nitrogens with one attached hydrogen (secondary N) is 2. The number of imidazole rings is 1. The number of aromatic nitrogens is 7. The molecule has 1 amide bonds. The lowest BCUT2D eigenvalue weighted by Gasteiger charge is -2.40. The van der Waals surface area contributed by atoms with Gasteiger partial charge in [0, 0.05) is 83.4 Å². The smallest absolute Gasteiger partial charge is 0.329 e. The summed E-state index contributed by atoms with van der Waals surface area (Å²) in [5.74, 6) is 1.49. The van der Waals surface area contributed by atoms with E-state index in [1.54, 1.807) is 47.4 Å². The molecule has 0 radical (unpaired) electrons. The van der Waals surface area contributed by atoms with Crippen LogP contribution in [0.25, 0.3) is 27.9 Å². The third-order valence-corrected chi connectivity index (χ3v) is 12.6. The van der Waals surface area contributed by atoms with Crippen molar-refractivity contribution >= 4 is 51.0 Å². The summed E-state index contributed by atoms with van der Waals surface area (Å²) in [5, 5.41) is 17.2. The largest absolute Gasteiger partial charge is 0.384 e. The van der Waals surface area contributed by atoms with Crippen LogP contribution in [0.15, 0.2) is 89.1 Å². The fourth-order valence-corrected chi connectivity index (χ4v) is 9.25. The molecule has 3 fully saturated rings. The molecule has 318 valence electrons. The number of piperidine rings is 2. The SMILES string of the molecule is C=CCn1c(=O)c2cnc(Nc3ccc(N4CCC(CN5CCN(c6cccc7c6n(C)c(=O)n7C6CCC(=O)NC6)CC5)CC4)cc3)nc2n1-c1cccc(C(C)(C)O)n1. The van der Waals surface area contributed by atoms with Crippen LogP contribution in [0.1, 0.15) is 51.3 Å². The van der Waals surface area contributed by atoms with E-state index in [-0.39, 0.29) is 29.7 Å². The van der Waals surface area contributed by atoms with Crippen molar-refractivity contribution in [3.05, 3.63) is 106 Å². The standard InChI is InChI=1S/C45H54N12O4/c1-5-20-55-42(59)34-28-47-43(50-41(34)57(55)38-11-7-10-37(49-38)45(2,3)61)48-31-12-14-32(15-13-31)53-21-18-30(19-22-53)29-52-23-25-54(26-24-52)35-8-6-9-36-40(35)51(4)44(60)56(36)33-16-17-39(58)46-27-33/h5-15,28,30,33,61H,1,16-27,29H2,2-4H3,(H,46,58)(H,47,48,50). The average molecular weight is 827 g/mol. The van der Waals surface area contributed by atoms with Gasteiger partial charge in [0.05, 0.1) is 35.0 Å². The summed E-state index contributed by atoms with van der Waals surface area (Å²) < 4.78 is 6.83. The van der Waals surface area contributed by atoms with Gasteiger partial charge in [-0.2, -0.15) is 4.98 Å². The van der Waals surface area contributed by atoms with Crippen LogP contribution in [-0.4, -0.2) is 102 Å². The molecule has 0 aliphatic carbocycles. The number of benzene rings is 2. The van der Waals surface area contributed by atoms with Gasteiger partial charge in [-0.15, -0.1) is 6.58 Å².